The molecule has 2 rings (SSSR count). The number of pyridine rings is 1. The summed E-state index contributed by atoms with van der Waals surface area (Å²) in [4.78, 5) is 7.89. The van der Waals surface area contributed by atoms with Crippen molar-refractivity contribution in [3.63, 3.8) is 0 Å². The largest absolute Gasteiger partial charge is 0.265 e. The first-order valence-corrected chi connectivity index (χ1v) is 8.60. The molecule has 0 aliphatic rings. The van der Waals surface area contributed by atoms with E-state index in [1.165, 1.54) is 4.31 Å². The summed E-state index contributed by atoms with van der Waals surface area (Å²) in [5.74, 6) is 0. The Morgan fingerprint density at radius 3 is 2.50 bits per heavy atom. The number of aromatic nitrogens is 2. The van der Waals surface area contributed by atoms with Crippen molar-refractivity contribution >= 4 is 33.0 Å². The van der Waals surface area contributed by atoms with Crippen LogP contribution in [0, 0.1) is 6.92 Å². The van der Waals surface area contributed by atoms with Crippen molar-refractivity contribution in [3.8, 4) is 0 Å². The van der Waals surface area contributed by atoms with E-state index >= 15 is 0 Å². The van der Waals surface area contributed by atoms with E-state index in [2.05, 4.69) is 9.97 Å². The van der Waals surface area contributed by atoms with Crippen LogP contribution in [0.4, 0.5) is 0 Å². The second kappa shape index (κ2) is 6.17. The molecule has 2 heterocycles. The quantitative estimate of drug-likeness (QED) is 0.845. The molecule has 0 unspecified atom stereocenters. The van der Waals surface area contributed by atoms with Gasteiger partial charge in [0.05, 0.1) is 5.69 Å². The molecule has 0 fully saturated rings. The Morgan fingerprint density at radius 1 is 1.35 bits per heavy atom. The van der Waals surface area contributed by atoms with E-state index in [4.69, 9.17) is 11.6 Å². The molecule has 0 amide bonds. The van der Waals surface area contributed by atoms with E-state index in [9.17, 15) is 8.42 Å². The van der Waals surface area contributed by atoms with Gasteiger partial charge in [0.1, 0.15) is 0 Å². The number of nitrogens with zero attached hydrogens (tertiary/aromatic N) is 3. The molecule has 0 radical (unpaired) electrons. The van der Waals surface area contributed by atoms with E-state index in [0.29, 0.717) is 18.8 Å². The monoisotopic (exact) mass is 331 g/mol. The summed E-state index contributed by atoms with van der Waals surface area (Å²) in [7, 11) is -3.57. The molecule has 0 spiro atoms. The number of hydrogen-bond acceptors (Lipinski definition) is 5. The zero-order valence-corrected chi connectivity index (χ0v) is 13.5. The lowest BCUT2D eigenvalue weighted by Gasteiger charge is -2.19. The predicted molar refractivity (Wildman–Crippen MR) is 79.4 cm³/mol. The van der Waals surface area contributed by atoms with Crippen molar-refractivity contribution in [2.75, 3.05) is 6.54 Å². The standard InChI is InChI=1S/C12H14ClN3O2S2/c1-3-16(8-10-4-6-14-7-5-10)20(17,18)11-9(2)15-12(13)19-11/h4-7H,3,8H2,1-2H3. The fourth-order valence-electron chi connectivity index (χ4n) is 1.77. The predicted octanol–water partition coefficient (Wildman–Crippen LogP) is 2.71. The zero-order chi connectivity index (χ0) is 14.8. The summed E-state index contributed by atoms with van der Waals surface area (Å²) >= 11 is 6.78. The van der Waals surface area contributed by atoms with Gasteiger partial charge in [0.15, 0.2) is 8.68 Å². The SMILES string of the molecule is CCN(Cc1ccncc1)S(=O)(=O)c1sc(Cl)nc1C. The lowest BCUT2D eigenvalue weighted by molar-refractivity contribution is 0.424. The van der Waals surface area contributed by atoms with Crippen LogP contribution in [0.2, 0.25) is 4.47 Å². The molecule has 2 aromatic heterocycles. The highest BCUT2D eigenvalue weighted by Crippen LogP contribution is 2.29. The van der Waals surface area contributed by atoms with Crippen LogP contribution in [0.15, 0.2) is 28.7 Å². The Morgan fingerprint density at radius 2 is 2.00 bits per heavy atom. The highest BCUT2D eigenvalue weighted by Gasteiger charge is 2.28. The van der Waals surface area contributed by atoms with Crippen molar-refractivity contribution in [2.45, 2.75) is 24.6 Å². The zero-order valence-electron chi connectivity index (χ0n) is 11.1. The van der Waals surface area contributed by atoms with Crippen LogP contribution in [-0.4, -0.2) is 29.2 Å². The molecular weight excluding hydrogens is 318 g/mol. The van der Waals surface area contributed by atoms with Crippen molar-refractivity contribution in [3.05, 3.63) is 40.3 Å². The fourth-order valence-corrected chi connectivity index (χ4v) is 5.08. The van der Waals surface area contributed by atoms with E-state index in [0.717, 1.165) is 16.9 Å². The van der Waals surface area contributed by atoms with Gasteiger partial charge in [-0.25, -0.2) is 13.4 Å². The molecule has 20 heavy (non-hydrogen) atoms. The smallest absolute Gasteiger partial charge is 0.254 e. The first-order valence-electron chi connectivity index (χ1n) is 5.97. The molecule has 0 saturated heterocycles. The highest BCUT2D eigenvalue weighted by atomic mass is 35.5. The molecular formula is C12H14ClN3O2S2. The first kappa shape index (κ1) is 15.4. The first-order chi connectivity index (χ1) is 9.45. The number of aryl methyl sites for hydroxylation is 1. The Hall–Kier alpha value is -1.02. The number of halogens is 1. The summed E-state index contributed by atoms with van der Waals surface area (Å²) in [6.07, 6.45) is 3.29. The molecule has 5 nitrogen and oxygen atoms in total. The van der Waals surface area contributed by atoms with Crippen LogP contribution >= 0.6 is 22.9 Å². The number of rotatable bonds is 5. The normalized spacial score (nSPS) is 12.0. The summed E-state index contributed by atoms with van der Waals surface area (Å²) < 4.78 is 27.1. The second-order valence-electron chi connectivity index (χ2n) is 4.13. The molecule has 0 N–H and O–H groups in total. The topological polar surface area (TPSA) is 63.2 Å². The van der Waals surface area contributed by atoms with Gasteiger partial charge >= 0.3 is 0 Å². The third kappa shape index (κ3) is 3.17. The maximum atomic E-state index is 12.6. The maximum Gasteiger partial charge on any atom is 0.254 e. The molecule has 8 heteroatoms. The van der Waals surface area contributed by atoms with Gasteiger partial charge in [-0.2, -0.15) is 4.31 Å². The molecule has 2 aromatic rings. The van der Waals surface area contributed by atoms with Crippen molar-refractivity contribution in [2.24, 2.45) is 0 Å². The van der Waals surface area contributed by atoms with Gasteiger partial charge in [0.25, 0.3) is 10.0 Å². The Labute approximate surface area is 127 Å². The second-order valence-corrected chi connectivity index (χ2v) is 7.84. The van der Waals surface area contributed by atoms with Crippen molar-refractivity contribution < 1.29 is 8.42 Å². The summed E-state index contributed by atoms with van der Waals surface area (Å²) in [5, 5.41) is 0. The molecule has 0 aliphatic heterocycles. The van der Waals surface area contributed by atoms with Crippen LogP contribution in [0.3, 0.4) is 0 Å². The van der Waals surface area contributed by atoms with Gasteiger partial charge in [-0.05, 0) is 24.6 Å². The lowest BCUT2D eigenvalue weighted by atomic mass is 10.3. The average molecular weight is 332 g/mol. The average Bonchev–Trinajstić information content (AvgIpc) is 2.76. The molecule has 0 aromatic carbocycles. The van der Waals surface area contributed by atoms with E-state index in [-0.39, 0.29) is 8.68 Å². The maximum absolute atomic E-state index is 12.6. The molecule has 0 aliphatic carbocycles. The minimum Gasteiger partial charge on any atom is -0.265 e. The van der Waals surface area contributed by atoms with E-state index in [1.807, 2.05) is 0 Å². The van der Waals surface area contributed by atoms with Crippen LogP contribution < -0.4 is 0 Å². The van der Waals surface area contributed by atoms with Crippen molar-refractivity contribution in [1.29, 1.82) is 0 Å². The van der Waals surface area contributed by atoms with E-state index in [1.54, 1.807) is 38.4 Å². The van der Waals surface area contributed by atoms with Gasteiger partial charge in [-0.3, -0.25) is 4.98 Å². The third-order valence-electron chi connectivity index (χ3n) is 2.76. The Bertz CT molecular complexity index is 686. The van der Waals surface area contributed by atoms with E-state index < -0.39 is 10.0 Å². The minimum atomic E-state index is -3.57. The summed E-state index contributed by atoms with van der Waals surface area (Å²) in [6, 6.07) is 3.59. The van der Waals surface area contributed by atoms with Gasteiger partial charge in [0.2, 0.25) is 0 Å². The van der Waals surface area contributed by atoms with Crippen LogP contribution in [0.5, 0.6) is 0 Å². The van der Waals surface area contributed by atoms with Gasteiger partial charge < -0.3 is 0 Å². The number of sulfonamides is 1. The summed E-state index contributed by atoms with van der Waals surface area (Å²) in [5.41, 5.74) is 1.33. The Kier molecular flexibility index (Phi) is 4.74. The van der Waals surface area contributed by atoms with Crippen LogP contribution in [0.1, 0.15) is 18.2 Å². The minimum absolute atomic E-state index is 0.207. The van der Waals surface area contributed by atoms with Crippen LogP contribution in [-0.2, 0) is 16.6 Å². The molecule has 0 bridgehead atoms. The van der Waals surface area contributed by atoms with Gasteiger partial charge in [-0.15, -0.1) is 0 Å². The number of thiazole rings is 1. The molecule has 108 valence electrons. The van der Waals surface area contributed by atoms with Crippen molar-refractivity contribution in [1.82, 2.24) is 14.3 Å². The van der Waals surface area contributed by atoms with Crippen LogP contribution in [0.25, 0.3) is 0 Å². The van der Waals surface area contributed by atoms with Gasteiger partial charge in [-0.1, -0.05) is 29.9 Å². The highest BCUT2D eigenvalue weighted by molar-refractivity contribution is 7.91. The Balaban J connectivity index is 2.33. The molecule has 0 saturated carbocycles. The third-order valence-corrected chi connectivity index (χ3v) is 6.53. The summed E-state index contributed by atoms with van der Waals surface area (Å²) in [6.45, 7) is 4.13. The lowest BCUT2D eigenvalue weighted by Crippen LogP contribution is -2.30. The fraction of sp³-hybridized carbons (Fsp3) is 0.333. The number of hydrogen-bond donors (Lipinski definition) is 0. The molecule has 0 atom stereocenters. The van der Waals surface area contributed by atoms with Gasteiger partial charge in [0, 0.05) is 25.5 Å².